The smallest absolute Gasteiger partial charge is 0.501 e. The van der Waals surface area contributed by atoms with E-state index in [1.807, 2.05) is 0 Å². The third-order valence-electron chi connectivity index (χ3n) is 1.41. The van der Waals surface area contributed by atoms with Crippen LogP contribution in [0.15, 0.2) is 22.7 Å². The number of carbonyl (C=O) groups is 1. The molecule has 0 bridgehead atoms. The number of rotatable bonds is 3. The second-order valence-corrected chi connectivity index (χ2v) is 3.39. The van der Waals surface area contributed by atoms with Crippen molar-refractivity contribution >= 4 is 21.9 Å². The highest BCUT2D eigenvalue weighted by atomic mass is 79.9. The molecule has 0 fully saturated rings. The van der Waals surface area contributed by atoms with Crippen molar-refractivity contribution in [1.29, 1.82) is 0 Å². The van der Waals surface area contributed by atoms with Crippen molar-refractivity contribution in [3.63, 3.8) is 0 Å². The Hall–Kier alpha value is -1.37. The fourth-order valence-corrected chi connectivity index (χ4v) is 0.994. The van der Waals surface area contributed by atoms with Crippen LogP contribution in [0.5, 0.6) is 11.5 Å². The maximum absolute atomic E-state index is 12.5. The van der Waals surface area contributed by atoms with Crippen LogP contribution in [0, 0.1) is 0 Å². The first-order chi connectivity index (χ1) is 6.83. The lowest BCUT2D eigenvalue weighted by Gasteiger charge is -2.13. The molecule has 0 spiro atoms. The molecule has 0 saturated heterocycles. The molecule has 7 heteroatoms. The van der Waals surface area contributed by atoms with Gasteiger partial charge in [0.25, 0.3) is 0 Å². The number of alkyl halides is 2. The van der Waals surface area contributed by atoms with E-state index in [2.05, 4.69) is 20.7 Å². The molecular formula is C8H5BrF2O4. The number of phenolic OH excluding ortho intramolecular Hbond substituents is 1. The summed E-state index contributed by atoms with van der Waals surface area (Å²) in [4.78, 5) is 10.0. The summed E-state index contributed by atoms with van der Waals surface area (Å²) in [6.45, 7) is 0. The monoisotopic (exact) mass is 282 g/mol. The van der Waals surface area contributed by atoms with Crippen molar-refractivity contribution in [3.05, 3.63) is 22.7 Å². The van der Waals surface area contributed by atoms with Gasteiger partial charge in [0.15, 0.2) is 0 Å². The molecular weight excluding hydrogens is 278 g/mol. The lowest BCUT2D eigenvalue weighted by atomic mass is 10.3. The van der Waals surface area contributed by atoms with Gasteiger partial charge in [-0.2, -0.15) is 8.78 Å². The molecule has 0 saturated carbocycles. The number of phenols is 1. The number of benzene rings is 1. The van der Waals surface area contributed by atoms with Crippen LogP contribution in [0.1, 0.15) is 0 Å². The molecule has 0 aliphatic rings. The molecule has 0 amide bonds. The van der Waals surface area contributed by atoms with Gasteiger partial charge in [-0.15, -0.1) is 0 Å². The Bertz CT molecular complexity index is 394. The fraction of sp³-hybridized carbons (Fsp3) is 0.125. The third kappa shape index (κ3) is 2.79. The number of carboxylic acid groups (broad SMARTS) is 1. The molecule has 0 aliphatic heterocycles. The molecule has 0 atom stereocenters. The maximum Gasteiger partial charge on any atom is 0.501 e. The minimum Gasteiger partial charge on any atom is -0.507 e. The fourth-order valence-electron chi connectivity index (χ4n) is 0.748. The van der Waals surface area contributed by atoms with Crippen LogP contribution >= 0.6 is 15.9 Å². The standard InChI is InChI=1S/C8H5BrF2O4/c9-5-2-1-4(3-6(5)12)15-8(10,11)7(13)14/h1-3,12H,(H,13,14). The predicted molar refractivity (Wildman–Crippen MR) is 49.0 cm³/mol. The molecule has 1 aromatic carbocycles. The van der Waals surface area contributed by atoms with E-state index in [1.165, 1.54) is 6.07 Å². The van der Waals surface area contributed by atoms with Gasteiger partial charge in [-0.05, 0) is 28.1 Å². The van der Waals surface area contributed by atoms with Crippen molar-refractivity contribution in [2.75, 3.05) is 0 Å². The number of aromatic hydroxyl groups is 1. The van der Waals surface area contributed by atoms with Crippen molar-refractivity contribution in [2.24, 2.45) is 0 Å². The molecule has 0 heterocycles. The number of ether oxygens (including phenoxy) is 1. The Balaban J connectivity index is 2.91. The van der Waals surface area contributed by atoms with Crippen LogP contribution < -0.4 is 4.74 Å². The summed E-state index contributed by atoms with van der Waals surface area (Å²) in [7, 11) is 0. The number of carboxylic acids is 1. The van der Waals surface area contributed by atoms with Crippen LogP contribution in [0.25, 0.3) is 0 Å². The Morgan fingerprint density at radius 2 is 2.07 bits per heavy atom. The third-order valence-corrected chi connectivity index (χ3v) is 2.08. The molecule has 0 aromatic heterocycles. The summed E-state index contributed by atoms with van der Waals surface area (Å²) >= 11 is 2.93. The van der Waals surface area contributed by atoms with Gasteiger partial charge < -0.3 is 14.9 Å². The molecule has 2 N–H and O–H groups in total. The van der Waals surface area contributed by atoms with E-state index in [4.69, 9.17) is 10.2 Å². The maximum atomic E-state index is 12.5. The first-order valence-corrected chi connectivity index (χ1v) is 4.41. The van der Waals surface area contributed by atoms with Crippen molar-refractivity contribution < 1.29 is 28.5 Å². The molecule has 0 radical (unpaired) electrons. The largest absolute Gasteiger partial charge is 0.507 e. The normalized spacial score (nSPS) is 11.1. The lowest BCUT2D eigenvalue weighted by Crippen LogP contribution is -2.34. The minimum atomic E-state index is -4.32. The van der Waals surface area contributed by atoms with Gasteiger partial charge in [0.2, 0.25) is 0 Å². The number of hydrogen-bond donors (Lipinski definition) is 2. The molecule has 1 aromatic rings. The van der Waals surface area contributed by atoms with Crippen LogP contribution in [0.2, 0.25) is 0 Å². The van der Waals surface area contributed by atoms with E-state index in [0.29, 0.717) is 0 Å². The molecule has 4 nitrogen and oxygen atoms in total. The van der Waals surface area contributed by atoms with Gasteiger partial charge in [-0.3, -0.25) is 0 Å². The molecule has 15 heavy (non-hydrogen) atoms. The van der Waals surface area contributed by atoms with Crippen molar-refractivity contribution in [3.8, 4) is 11.5 Å². The van der Waals surface area contributed by atoms with E-state index in [1.54, 1.807) is 0 Å². The van der Waals surface area contributed by atoms with Gasteiger partial charge >= 0.3 is 12.1 Å². The van der Waals surface area contributed by atoms with Gasteiger partial charge in [-0.25, -0.2) is 4.79 Å². The second kappa shape index (κ2) is 4.01. The molecule has 1 rings (SSSR count). The second-order valence-electron chi connectivity index (χ2n) is 2.54. The Morgan fingerprint density at radius 3 is 2.53 bits per heavy atom. The summed E-state index contributed by atoms with van der Waals surface area (Å²) in [5.74, 6) is -3.17. The summed E-state index contributed by atoms with van der Waals surface area (Å²) in [6, 6.07) is 3.23. The van der Waals surface area contributed by atoms with E-state index >= 15 is 0 Å². The summed E-state index contributed by atoms with van der Waals surface area (Å²) in [5, 5.41) is 17.2. The highest BCUT2D eigenvalue weighted by Crippen LogP contribution is 2.30. The van der Waals surface area contributed by atoms with Crippen LogP contribution in [0.4, 0.5) is 8.78 Å². The Labute approximate surface area is 91.2 Å². The topological polar surface area (TPSA) is 66.8 Å². The van der Waals surface area contributed by atoms with E-state index in [-0.39, 0.29) is 10.2 Å². The highest BCUT2D eigenvalue weighted by molar-refractivity contribution is 9.10. The first-order valence-electron chi connectivity index (χ1n) is 3.61. The summed E-state index contributed by atoms with van der Waals surface area (Å²) in [6.07, 6.45) is -4.32. The zero-order valence-electron chi connectivity index (χ0n) is 7.08. The van der Waals surface area contributed by atoms with Crippen molar-refractivity contribution in [2.45, 2.75) is 6.11 Å². The minimum absolute atomic E-state index is 0.286. The Kier molecular flexibility index (Phi) is 3.13. The van der Waals surface area contributed by atoms with Gasteiger partial charge in [-0.1, -0.05) is 0 Å². The SMILES string of the molecule is O=C(O)C(F)(F)Oc1ccc(Br)c(O)c1. The van der Waals surface area contributed by atoms with Crippen LogP contribution in [-0.4, -0.2) is 22.3 Å². The van der Waals surface area contributed by atoms with E-state index in [9.17, 15) is 13.6 Å². The number of halogens is 3. The zero-order valence-corrected chi connectivity index (χ0v) is 8.66. The molecule has 0 aliphatic carbocycles. The van der Waals surface area contributed by atoms with Gasteiger partial charge in [0, 0.05) is 6.07 Å². The quantitative estimate of drug-likeness (QED) is 0.892. The van der Waals surface area contributed by atoms with E-state index in [0.717, 1.165) is 12.1 Å². The highest BCUT2D eigenvalue weighted by Gasteiger charge is 2.42. The predicted octanol–water partition coefficient (Wildman–Crippen LogP) is 2.21. The zero-order chi connectivity index (χ0) is 11.6. The van der Waals surface area contributed by atoms with Crippen LogP contribution in [0.3, 0.4) is 0 Å². The number of aliphatic carboxylic acids is 1. The molecule has 82 valence electrons. The lowest BCUT2D eigenvalue weighted by molar-refractivity contribution is -0.210. The van der Waals surface area contributed by atoms with Gasteiger partial charge in [0.1, 0.15) is 11.5 Å². The first kappa shape index (κ1) is 11.7. The average Bonchev–Trinajstić information content (AvgIpc) is 2.10. The van der Waals surface area contributed by atoms with E-state index < -0.39 is 17.8 Å². The number of hydrogen-bond acceptors (Lipinski definition) is 3. The summed E-state index contributed by atoms with van der Waals surface area (Å²) < 4.78 is 29.3. The molecule has 0 unspecified atom stereocenters. The summed E-state index contributed by atoms with van der Waals surface area (Å²) in [5.41, 5.74) is 0. The van der Waals surface area contributed by atoms with Gasteiger partial charge in [0.05, 0.1) is 4.47 Å². The van der Waals surface area contributed by atoms with Crippen molar-refractivity contribution in [1.82, 2.24) is 0 Å². The Morgan fingerprint density at radius 1 is 1.47 bits per heavy atom. The average molecular weight is 283 g/mol. The van der Waals surface area contributed by atoms with Crippen LogP contribution in [-0.2, 0) is 4.79 Å².